The number of nitrogens with one attached hydrogen (secondary N) is 3. The van der Waals surface area contributed by atoms with Gasteiger partial charge >= 0.3 is 11.9 Å². The lowest BCUT2D eigenvalue weighted by Crippen LogP contribution is -2.55. The molecule has 0 aromatic carbocycles. The van der Waals surface area contributed by atoms with E-state index in [1.807, 2.05) is 0 Å². The van der Waals surface area contributed by atoms with Crippen LogP contribution < -0.4 is 21.7 Å². The Hall–Kier alpha value is -2.69. The minimum absolute atomic E-state index is 0.242. The quantitative estimate of drug-likeness (QED) is 0.248. The van der Waals surface area contributed by atoms with Gasteiger partial charge < -0.3 is 31.9 Å². The van der Waals surface area contributed by atoms with Gasteiger partial charge in [-0.1, -0.05) is 0 Å². The molecule has 3 amide bonds. The van der Waals surface area contributed by atoms with Gasteiger partial charge in [0.1, 0.15) is 12.1 Å². The van der Waals surface area contributed by atoms with Crippen LogP contribution in [0.3, 0.4) is 0 Å². The van der Waals surface area contributed by atoms with Crippen molar-refractivity contribution in [1.82, 2.24) is 16.0 Å². The Morgan fingerprint density at radius 2 is 1.80 bits per heavy atom. The summed E-state index contributed by atoms with van der Waals surface area (Å²) in [6, 6.07) is -3.37. The van der Waals surface area contributed by atoms with Crippen molar-refractivity contribution in [3.8, 4) is 0 Å². The molecule has 25 heavy (non-hydrogen) atoms. The number of carboxylic acids is 2. The third kappa shape index (κ3) is 7.16. The molecule has 1 heterocycles. The normalized spacial score (nSPS) is 18.8. The van der Waals surface area contributed by atoms with E-state index in [1.165, 1.54) is 0 Å². The zero-order chi connectivity index (χ0) is 19.0. The molecule has 3 unspecified atom stereocenters. The van der Waals surface area contributed by atoms with Crippen LogP contribution in [-0.2, 0) is 24.0 Å². The first-order valence-electron chi connectivity index (χ1n) is 7.77. The molecular formula is C14H22N4O7. The van der Waals surface area contributed by atoms with Crippen LogP contribution in [0.4, 0.5) is 0 Å². The lowest BCUT2D eigenvalue weighted by Gasteiger charge is -2.21. The van der Waals surface area contributed by atoms with Gasteiger partial charge in [-0.05, 0) is 25.8 Å². The van der Waals surface area contributed by atoms with Crippen LogP contribution in [0.1, 0.15) is 32.1 Å². The SMILES string of the molecule is NC(=O)CCC(NC(=O)C(CC(=O)O)NC(=O)C1CCCN1)C(=O)O. The number of rotatable bonds is 10. The second-order valence-electron chi connectivity index (χ2n) is 5.71. The van der Waals surface area contributed by atoms with Crippen molar-refractivity contribution in [3.05, 3.63) is 0 Å². The first kappa shape index (κ1) is 20.4. The summed E-state index contributed by atoms with van der Waals surface area (Å²) in [6.07, 6.45) is 0.131. The van der Waals surface area contributed by atoms with Gasteiger partial charge in [0.05, 0.1) is 12.5 Å². The molecule has 11 heteroatoms. The van der Waals surface area contributed by atoms with Gasteiger partial charge in [0.2, 0.25) is 17.7 Å². The summed E-state index contributed by atoms with van der Waals surface area (Å²) >= 11 is 0. The Balaban J connectivity index is 2.72. The number of carbonyl (C=O) groups excluding carboxylic acids is 3. The highest BCUT2D eigenvalue weighted by Crippen LogP contribution is 2.06. The maximum Gasteiger partial charge on any atom is 0.326 e. The lowest BCUT2D eigenvalue weighted by molar-refractivity contribution is -0.143. The molecule has 1 aliphatic rings. The fraction of sp³-hybridized carbons (Fsp3) is 0.643. The minimum atomic E-state index is -1.43. The van der Waals surface area contributed by atoms with Crippen molar-refractivity contribution >= 4 is 29.7 Å². The summed E-state index contributed by atoms with van der Waals surface area (Å²) in [5.74, 6) is -4.94. The Bertz CT molecular complexity index is 545. The van der Waals surface area contributed by atoms with Crippen LogP contribution in [0.2, 0.25) is 0 Å². The van der Waals surface area contributed by atoms with Gasteiger partial charge in [-0.3, -0.25) is 19.2 Å². The van der Waals surface area contributed by atoms with Gasteiger partial charge in [0.25, 0.3) is 0 Å². The fourth-order valence-corrected chi connectivity index (χ4v) is 2.38. The molecule has 7 N–H and O–H groups in total. The van der Waals surface area contributed by atoms with E-state index in [4.69, 9.17) is 15.9 Å². The molecule has 1 aliphatic heterocycles. The molecule has 11 nitrogen and oxygen atoms in total. The first-order valence-corrected chi connectivity index (χ1v) is 7.77. The highest BCUT2D eigenvalue weighted by molar-refractivity contribution is 5.94. The lowest BCUT2D eigenvalue weighted by atomic mass is 10.1. The Morgan fingerprint density at radius 1 is 1.12 bits per heavy atom. The van der Waals surface area contributed by atoms with E-state index in [0.717, 1.165) is 6.42 Å². The summed E-state index contributed by atoms with van der Waals surface area (Å²) in [7, 11) is 0. The fourth-order valence-electron chi connectivity index (χ4n) is 2.38. The molecule has 140 valence electrons. The molecule has 0 spiro atoms. The van der Waals surface area contributed by atoms with E-state index in [2.05, 4.69) is 16.0 Å². The third-order valence-electron chi connectivity index (χ3n) is 3.68. The highest BCUT2D eigenvalue weighted by atomic mass is 16.4. The van der Waals surface area contributed by atoms with Crippen LogP contribution in [0.15, 0.2) is 0 Å². The van der Waals surface area contributed by atoms with Crippen molar-refractivity contribution in [1.29, 1.82) is 0 Å². The van der Waals surface area contributed by atoms with Gasteiger partial charge in [-0.15, -0.1) is 0 Å². The summed E-state index contributed by atoms with van der Waals surface area (Å²) in [4.78, 5) is 57.1. The molecule has 0 aromatic heterocycles. The molecular weight excluding hydrogens is 336 g/mol. The van der Waals surface area contributed by atoms with E-state index in [-0.39, 0.29) is 12.8 Å². The monoisotopic (exact) mass is 358 g/mol. The smallest absolute Gasteiger partial charge is 0.326 e. The second-order valence-corrected chi connectivity index (χ2v) is 5.71. The Morgan fingerprint density at radius 3 is 2.28 bits per heavy atom. The van der Waals surface area contributed by atoms with E-state index < -0.39 is 54.2 Å². The summed E-state index contributed by atoms with van der Waals surface area (Å²) in [6.45, 7) is 0.641. The standard InChI is InChI=1S/C14H22N4O7/c15-10(19)4-3-8(14(24)25)17-13(23)9(6-11(20)21)18-12(22)7-2-1-5-16-7/h7-9,16H,1-6H2,(H2,15,19)(H,17,23)(H,18,22)(H,20,21)(H,24,25). The highest BCUT2D eigenvalue weighted by Gasteiger charge is 2.31. The Kier molecular flexibility index (Phi) is 7.79. The number of carboxylic acid groups (broad SMARTS) is 2. The maximum absolute atomic E-state index is 12.2. The molecule has 3 atom stereocenters. The predicted molar refractivity (Wildman–Crippen MR) is 83.2 cm³/mol. The topological polar surface area (TPSA) is 188 Å². The number of amides is 3. The average Bonchev–Trinajstić information content (AvgIpc) is 3.03. The number of hydrogen-bond acceptors (Lipinski definition) is 6. The summed E-state index contributed by atoms with van der Waals surface area (Å²) < 4.78 is 0. The molecule has 0 saturated carbocycles. The van der Waals surface area contributed by atoms with Gasteiger partial charge in [0.15, 0.2) is 0 Å². The van der Waals surface area contributed by atoms with Gasteiger partial charge in [-0.2, -0.15) is 0 Å². The van der Waals surface area contributed by atoms with Gasteiger partial charge in [0, 0.05) is 6.42 Å². The zero-order valence-electron chi connectivity index (χ0n) is 13.5. The molecule has 0 aromatic rings. The molecule has 0 aliphatic carbocycles. The number of primary amides is 1. The predicted octanol–water partition coefficient (Wildman–Crippen LogP) is -2.47. The van der Waals surface area contributed by atoms with E-state index in [9.17, 15) is 24.0 Å². The summed E-state index contributed by atoms with van der Waals surface area (Å²) in [5, 5.41) is 25.3. The van der Waals surface area contributed by atoms with Crippen molar-refractivity contribution in [2.24, 2.45) is 5.73 Å². The van der Waals surface area contributed by atoms with E-state index in [1.54, 1.807) is 0 Å². The van der Waals surface area contributed by atoms with Crippen molar-refractivity contribution < 1.29 is 34.2 Å². The minimum Gasteiger partial charge on any atom is -0.481 e. The molecule has 0 radical (unpaired) electrons. The van der Waals surface area contributed by atoms with E-state index in [0.29, 0.717) is 13.0 Å². The maximum atomic E-state index is 12.2. The van der Waals surface area contributed by atoms with Crippen LogP contribution in [0.5, 0.6) is 0 Å². The molecule has 0 bridgehead atoms. The van der Waals surface area contributed by atoms with Crippen molar-refractivity contribution in [2.75, 3.05) is 6.54 Å². The molecule has 1 rings (SSSR count). The number of aliphatic carboxylic acids is 2. The Labute approximate surface area is 143 Å². The number of hydrogen-bond donors (Lipinski definition) is 6. The first-order chi connectivity index (χ1) is 11.7. The summed E-state index contributed by atoms with van der Waals surface area (Å²) in [5.41, 5.74) is 4.95. The largest absolute Gasteiger partial charge is 0.481 e. The zero-order valence-corrected chi connectivity index (χ0v) is 13.5. The van der Waals surface area contributed by atoms with Crippen LogP contribution >= 0.6 is 0 Å². The number of carbonyl (C=O) groups is 5. The number of nitrogens with two attached hydrogens (primary N) is 1. The molecule has 1 fully saturated rings. The molecule has 1 saturated heterocycles. The van der Waals surface area contributed by atoms with Crippen molar-refractivity contribution in [2.45, 2.75) is 50.2 Å². The van der Waals surface area contributed by atoms with Crippen LogP contribution in [0, 0.1) is 0 Å². The van der Waals surface area contributed by atoms with Crippen LogP contribution in [0.25, 0.3) is 0 Å². The van der Waals surface area contributed by atoms with Crippen LogP contribution in [-0.4, -0.2) is 64.5 Å². The van der Waals surface area contributed by atoms with Crippen molar-refractivity contribution in [3.63, 3.8) is 0 Å². The third-order valence-corrected chi connectivity index (χ3v) is 3.68. The van der Waals surface area contributed by atoms with E-state index >= 15 is 0 Å². The average molecular weight is 358 g/mol. The van der Waals surface area contributed by atoms with Gasteiger partial charge in [-0.25, -0.2) is 4.79 Å². The second kappa shape index (κ2) is 9.57.